The van der Waals surface area contributed by atoms with E-state index < -0.39 is 0 Å². The van der Waals surface area contributed by atoms with E-state index in [0.717, 1.165) is 42.0 Å². The zero-order valence-electron chi connectivity index (χ0n) is 9.62. The number of halogens is 2. The van der Waals surface area contributed by atoms with Gasteiger partial charge in [-0.2, -0.15) is 0 Å². The predicted molar refractivity (Wildman–Crippen MR) is 73.4 cm³/mol. The molecule has 1 saturated heterocycles. The van der Waals surface area contributed by atoms with Crippen LogP contribution < -0.4 is 0 Å². The summed E-state index contributed by atoms with van der Waals surface area (Å²) in [5, 5.41) is 0.963. The maximum Gasteiger partial charge on any atom is 0.136 e. The van der Waals surface area contributed by atoms with Crippen LogP contribution in [0.4, 0.5) is 4.39 Å². The minimum absolute atomic E-state index is 0.116. The summed E-state index contributed by atoms with van der Waals surface area (Å²) < 4.78 is 18.9. The molecule has 0 spiro atoms. The van der Waals surface area contributed by atoms with E-state index in [1.54, 1.807) is 17.8 Å². The Morgan fingerprint density at radius 3 is 2.65 bits per heavy atom. The second-order valence-electron chi connectivity index (χ2n) is 4.47. The van der Waals surface area contributed by atoms with Crippen molar-refractivity contribution in [2.24, 2.45) is 5.41 Å². The van der Waals surface area contributed by atoms with Crippen LogP contribution >= 0.6 is 27.7 Å². The molecule has 1 nitrogen and oxygen atoms in total. The van der Waals surface area contributed by atoms with E-state index in [0.29, 0.717) is 0 Å². The van der Waals surface area contributed by atoms with Crippen molar-refractivity contribution in [1.82, 2.24) is 0 Å². The Morgan fingerprint density at radius 1 is 1.29 bits per heavy atom. The number of hydrogen-bond acceptors (Lipinski definition) is 2. The molecular weight excluding hydrogens is 303 g/mol. The molecule has 1 fully saturated rings. The fourth-order valence-corrected chi connectivity index (χ4v) is 4.17. The molecule has 94 valence electrons. The van der Waals surface area contributed by atoms with Crippen molar-refractivity contribution < 1.29 is 9.13 Å². The highest BCUT2D eigenvalue weighted by atomic mass is 79.9. The van der Waals surface area contributed by atoms with E-state index >= 15 is 0 Å². The van der Waals surface area contributed by atoms with Gasteiger partial charge in [0.05, 0.1) is 0 Å². The van der Waals surface area contributed by atoms with E-state index in [9.17, 15) is 4.39 Å². The van der Waals surface area contributed by atoms with Crippen LogP contribution in [0.5, 0.6) is 0 Å². The van der Waals surface area contributed by atoms with Crippen molar-refractivity contribution in [2.75, 3.05) is 24.3 Å². The molecule has 0 aliphatic carbocycles. The van der Waals surface area contributed by atoms with E-state index in [4.69, 9.17) is 4.74 Å². The van der Waals surface area contributed by atoms with Gasteiger partial charge in [0.2, 0.25) is 0 Å². The van der Waals surface area contributed by atoms with Gasteiger partial charge in [0.1, 0.15) is 5.82 Å². The lowest BCUT2D eigenvalue weighted by molar-refractivity contribution is 0.0374. The molecule has 0 aromatic heterocycles. The van der Waals surface area contributed by atoms with Gasteiger partial charge in [-0.05, 0) is 30.4 Å². The van der Waals surface area contributed by atoms with Gasteiger partial charge in [-0.3, -0.25) is 0 Å². The first-order chi connectivity index (χ1) is 8.26. The normalized spacial score (nSPS) is 19.2. The Kier molecular flexibility index (Phi) is 4.88. The average Bonchev–Trinajstić information content (AvgIpc) is 2.39. The SMILES string of the molecule is Fc1ccccc1SCC1(CBr)CCOCC1. The van der Waals surface area contributed by atoms with E-state index in [1.165, 1.54) is 6.07 Å². The largest absolute Gasteiger partial charge is 0.381 e. The average molecular weight is 319 g/mol. The molecule has 1 aromatic rings. The number of ether oxygens (including phenoxy) is 1. The van der Waals surface area contributed by atoms with Crippen LogP contribution in [0.3, 0.4) is 0 Å². The molecule has 2 rings (SSSR count). The third-order valence-electron chi connectivity index (χ3n) is 3.21. The highest BCUT2D eigenvalue weighted by molar-refractivity contribution is 9.09. The Morgan fingerprint density at radius 2 is 2.00 bits per heavy atom. The summed E-state index contributed by atoms with van der Waals surface area (Å²) in [5.41, 5.74) is 0.255. The highest BCUT2D eigenvalue weighted by Gasteiger charge is 2.31. The first-order valence-corrected chi connectivity index (χ1v) is 7.88. The van der Waals surface area contributed by atoms with Crippen molar-refractivity contribution in [2.45, 2.75) is 17.7 Å². The topological polar surface area (TPSA) is 9.23 Å². The molecule has 1 aromatic carbocycles. The molecule has 0 atom stereocenters. The van der Waals surface area contributed by atoms with Gasteiger partial charge < -0.3 is 4.74 Å². The Balaban J connectivity index is 1.98. The fourth-order valence-electron chi connectivity index (χ4n) is 1.91. The van der Waals surface area contributed by atoms with Crippen molar-refractivity contribution in [3.8, 4) is 0 Å². The van der Waals surface area contributed by atoms with Gasteiger partial charge in [-0.15, -0.1) is 11.8 Å². The van der Waals surface area contributed by atoms with Crippen molar-refractivity contribution in [3.63, 3.8) is 0 Å². The zero-order chi connectivity index (χ0) is 12.1. The van der Waals surface area contributed by atoms with Gasteiger partial charge in [-0.1, -0.05) is 28.1 Å². The highest BCUT2D eigenvalue weighted by Crippen LogP contribution is 2.38. The molecule has 0 N–H and O–H groups in total. The molecule has 0 radical (unpaired) electrons. The number of thioether (sulfide) groups is 1. The molecule has 1 aliphatic rings. The lowest BCUT2D eigenvalue weighted by Crippen LogP contribution is -2.33. The summed E-state index contributed by atoms with van der Waals surface area (Å²) in [4.78, 5) is 0.749. The smallest absolute Gasteiger partial charge is 0.136 e. The summed E-state index contributed by atoms with van der Waals surface area (Å²) in [5.74, 6) is 0.831. The van der Waals surface area contributed by atoms with Gasteiger partial charge in [0.15, 0.2) is 0 Å². The summed E-state index contributed by atoms with van der Waals surface area (Å²) in [6, 6.07) is 6.98. The lowest BCUT2D eigenvalue weighted by atomic mass is 9.85. The summed E-state index contributed by atoms with van der Waals surface area (Å²) >= 11 is 5.21. The molecule has 1 heterocycles. The van der Waals surface area contributed by atoms with Crippen LogP contribution in [0.25, 0.3) is 0 Å². The van der Waals surface area contributed by atoms with Gasteiger partial charge >= 0.3 is 0 Å². The molecule has 0 bridgehead atoms. The number of rotatable bonds is 4. The van der Waals surface area contributed by atoms with Gasteiger partial charge in [0.25, 0.3) is 0 Å². The molecular formula is C13H16BrFOS. The summed E-state index contributed by atoms with van der Waals surface area (Å²) in [7, 11) is 0. The third kappa shape index (κ3) is 3.46. The quantitative estimate of drug-likeness (QED) is 0.610. The Labute approximate surface area is 114 Å². The minimum atomic E-state index is -0.116. The third-order valence-corrected chi connectivity index (χ3v) is 5.80. The Bertz CT molecular complexity index is 366. The van der Waals surface area contributed by atoms with Crippen LogP contribution in [0.1, 0.15) is 12.8 Å². The first-order valence-electron chi connectivity index (χ1n) is 5.77. The maximum atomic E-state index is 13.5. The van der Waals surface area contributed by atoms with Crippen LogP contribution in [0.15, 0.2) is 29.2 Å². The standard InChI is InChI=1S/C13H16BrFOS/c14-9-13(5-7-16-8-6-13)10-17-12-4-2-1-3-11(12)15/h1-4H,5-10H2. The summed E-state index contributed by atoms with van der Waals surface area (Å²) in [6.07, 6.45) is 2.11. The minimum Gasteiger partial charge on any atom is -0.381 e. The first kappa shape index (κ1) is 13.4. The van der Waals surface area contributed by atoms with E-state index in [2.05, 4.69) is 15.9 Å². The molecule has 0 unspecified atom stereocenters. The zero-order valence-corrected chi connectivity index (χ0v) is 12.0. The fraction of sp³-hybridized carbons (Fsp3) is 0.538. The monoisotopic (exact) mass is 318 g/mol. The number of alkyl halides is 1. The van der Waals surface area contributed by atoms with Crippen LogP contribution in [-0.4, -0.2) is 24.3 Å². The second kappa shape index (κ2) is 6.21. The maximum absolute atomic E-state index is 13.5. The Hall–Kier alpha value is -0.0600. The second-order valence-corrected chi connectivity index (χ2v) is 6.04. The van der Waals surface area contributed by atoms with Crippen LogP contribution in [0.2, 0.25) is 0 Å². The molecule has 1 aliphatic heterocycles. The van der Waals surface area contributed by atoms with Crippen LogP contribution in [0, 0.1) is 11.2 Å². The van der Waals surface area contributed by atoms with Gasteiger partial charge in [0, 0.05) is 29.2 Å². The molecule has 4 heteroatoms. The lowest BCUT2D eigenvalue weighted by Gasteiger charge is -2.35. The van der Waals surface area contributed by atoms with Crippen LogP contribution in [-0.2, 0) is 4.74 Å². The number of benzene rings is 1. The molecule has 0 saturated carbocycles. The van der Waals surface area contributed by atoms with Crippen molar-refractivity contribution in [3.05, 3.63) is 30.1 Å². The molecule has 17 heavy (non-hydrogen) atoms. The molecule has 0 amide bonds. The van der Waals surface area contributed by atoms with Crippen molar-refractivity contribution >= 4 is 27.7 Å². The number of hydrogen-bond donors (Lipinski definition) is 0. The van der Waals surface area contributed by atoms with Gasteiger partial charge in [-0.25, -0.2) is 4.39 Å². The summed E-state index contributed by atoms with van der Waals surface area (Å²) in [6.45, 7) is 1.65. The van der Waals surface area contributed by atoms with E-state index in [-0.39, 0.29) is 11.2 Å². The van der Waals surface area contributed by atoms with Crippen molar-refractivity contribution in [1.29, 1.82) is 0 Å². The van der Waals surface area contributed by atoms with E-state index in [1.807, 2.05) is 12.1 Å². The predicted octanol–water partition coefficient (Wildman–Crippen LogP) is 4.11.